The van der Waals surface area contributed by atoms with E-state index in [9.17, 15) is 0 Å². The van der Waals surface area contributed by atoms with Crippen LogP contribution in [-0.4, -0.2) is 17.3 Å². The second-order valence-corrected chi connectivity index (χ2v) is 5.16. The predicted molar refractivity (Wildman–Crippen MR) is 76.3 cm³/mol. The highest BCUT2D eigenvalue weighted by Gasteiger charge is 2.14. The molecular formula is C14H18N2O2S. The predicted octanol–water partition coefficient (Wildman–Crippen LogP) is 3.70. The molecule has 1 atom stereocenters. The zero-order chi connectivity index (χ0) is 14.0. The van der Waals surface area contributed by atoms with E-state index in [-0.39, 0.29) is 0 Å². The van der Waals surface area contributed by atoms with Crippen LogP contribution in [0.5, 0.6) is 5.75 Å². The fourth-order valence-corrected chi connectivity index (χ4v) is 2.42. The molecule has 2 aromatic rings. The highest BCUT2D eigenvalue weighted by Crippen LogP contribution is 2.29. The van der Waals surface area contributed by atoms with Crippen molar-refractivity contribution < 1.29 is 9.15 Å². The zero-order valence-corrected chi connectivity index (χ0v) is 12.4. The second-order valence-electron chi connectivity index (χ2n) is 4.79. The van der Waals surface area contributed by atoms with Crippen molar-refractivity contribution >= 4 is 12.2 Å². The first-order chi connectivity index (χ1) is 9.01. The number of aromatic amines is 1. The van der Waals surface area contributed by atoms with Gasteiger partial charge in [-0.25, -0.2) is 5.10 Å². The number of hydrogen-bond acceptors (Lipinski definition) is 4. The van der Waals surface area contributed by atoms with Gasteiger partial charge in [0.05, 0.1) is 7.11 Å². The summed E-state index contributed by atoms with van der Waals surface area (Å²) in [7, 11) is 1.69. The number of benzene rings is 1. The molecule has 4 nitrogen and oxygen atoms in total. The molecule has 1 N–H and O–H groups in total. The monoisotopic (exact) mass is 278 g/mol. The van der Waals surface area contributed by atoms with Gasteiger partial charge in [-0.3, -0.25) is 0 Å². The number of aryl methyl sites for hydroxylation is 2. The van der Waals surface area contributed by atoms with E-state index in [4.69, 9.17) is 21.4 Å². The molecule has 0 bridgehead atoms. The molecule has 2 rings (SSSR count). The zero-order valence-electron chi connectivity index (χ0n) is 11.6. The van der Waals surface area contributed by atoms with E-state index in [0.717, 1.165) is 17.7 Å². The van der Waals surface area contributed by atoms with Gasteiger partial charge in [-0.1, -0.05) is 13.0 Å². The Hall–Kier alpha value is -1.62. The van der Waals surface area contributed by atoms with Gasteiger partial charge in [0, 0.05) is 6.42 Å². The van der Waals surface area contributed by atoms with Crippen LogP contribution in [0.25, 0.3) is 0 Å². The number of nitrogens with zero attached hydrogens (tertiary/aromatic N) is 1. The summed E-state index contributed by atoms with van der Waals surface area (Å²) in [5.74, 6) is 1.88. The van der Waals surface area contributed by atoms with Gasteiger partial charge in [-0.05, 0) is 54.7 Å². The molecule has 1 aromatic heterocycles. The Balaban J connectivity index is 2.26. The third-order valence-corrected chi connectivity index (χ3v) is 3.45. The van der Waals surface area contributed by atoms with Crippen molar-refractivity contribution in [3.05, 3.63) is 39.6 Å². The summed E-state index contributed by atoms with van der Waals surface area (Å²) in [6.07, 6.45) is 0.722. The molecule has 0 saturated carbocycles. The van der Waals surface area contributed by atoms with Crippen molar-refractivity contribution in [3.63, 3.8) is 0 Å². The molecule has 0 aliphatic rings. The lowest BCUT2D eigenvalue weighted by Crippen LogP contribution is -2.03. The molecule has 1 unspecified atom stereocenters. The Morgan fingerprint density at radius 3 is 2.68 bits per heavy atom. The molecule has 0 amide bonds. The largest absolute Gasteiger partial charge is 0.496 e. The van der Waals surface area contributed by atoms with E-state index in [1.807, 2.05) is 0 Å². The molecule has 1 aromatic carbocycles. The van der Waals surface area contributed by atoms with Crippen LogP contribution in [0, 0.1) is 18.7 Å². The van der Waals surface area contributed by atoms with Crippen molar-refractivity contribution in [1.29, 1.82) is 0 Å². The smallest absolute Gasteiger partial charge is 0.284 e. The summed E-state index contributed by atoms with van der Waals surface area (Å²) < 4.78 is 10.6. The van der Waals surface area contributed by atoms with Gasteiger partial charge >= 0.3 is 0 Å². The lowest BCUT2D eigenvalue weighted by Gasteiger charge is -2.16. The molecule has 0 saturated heterocycles. The topological polar surface area (TPSA) is 51.0 Å². The summed E-state index contributed by atoms with van der Waals surface area (Å²) in [5.41, 5.74) is 3.63. The summed E-state index contributed by atoms with van der Waals surface area (Å²) in [6.45, 7) is 6.30. The number of ether oxygens (including phenoxy) is 1. The van der Waals surface area contributed by atoms with Gasteiger partial charge in [0.15, 0.2) is 0 Å². The maximum absolute atomic E-state index is 5.33. The lowest BCUT2D eigenvalue weighted by atomic mass is 9.92. The molecular weight excluding hydrogens is 260 g/mol. The number of H-pyrrole nitrogens is 1. The van der Waals surface area contributed by atoms with Gasteiger partial charge in [0.25, 0.3) is 4.84 Å². The summed E-state index contributed by atoms with van der Waals surface area (Å²) in [4.78, 5) is 0.324. The van der Waals surface area contributed by atoms with E-state index in [2.05, 4.69) is 43.1 Å². The van der Waals surface area contributed by atoms with Crippen LogP contribution in [0.15, 0.2) is 16.5 Å². The Kier molecular flexibility index (Phi) is 4.04. The standard InChI is InChI=1S/C14H18N2O2S/c1-8-6-12(17-4)10(3)5-11(8)9(2)7-13-15-16-14(19)18-13/h5-6,9H,7H2,1-4H3,(H,16,19). The Labute approximate surface area is 117 Å². The minimum Gasteiger partial charge on any atom is -0.496 e. The van der Waals surface area contributed by atoms with Crippen LogP contribution in [0.2, 0.25) is 0 Å². The van der Waals surface area contributed by atoms with E-state index in [0.29, 0.717) is 16.6 Å². The molecule has 0 radical (unpaired) electrons. The quantitative estimate of drug-likeness (QED) is 0.866. The highest BCUT2D eigenvalue weighted by molar-refractivity contribution is 7.71. The van der Waals surface area contributed by atoms with Crippen molar-refractivity contribution in [2.45, 2.75) is 33.1 Å². The first-order valence-corrected chi connectivity index (χ1v) is 6.61. The van der Waals surface area contributed by atoms with E-state index < -0.39 is 0 Å². The summed E-state index contributed by atoms with van der Waals surface area (Å²) >= 11 is 4.88. The first-order valence-electron chi connectivity index (χ1n) is 6.20. The van der Waals surface area contributed by atoms with Crippen molar-refractivity contribution in [3.8, 4) is 5.75 Å². The summed E-state index contributed by atoms with van der Waals surface area (Å²) in [5, 5.41) is 6.69. The minimum atomic E-state index is 0.311. The van der Waals surface area contributed by atoms with Crippen molar-refractivity contribution in [2.24, 2.45) is 0 Å². The van der Waals surface area contributed by atoms with E-state index in [1.165, 1.54) is 11.1 Å². The lowest BCUT2D eigenvalue weighted by molar-refractivity contribution is 0.411. The SMILES string of the molecule is COc1cc(C)c(C(C)Cc2n[nH]c(=S)o2)cc1C. The Morgan fingerprint density at radius 1 is 1.37 bits per heavy atom. The van der Waals surface area contributed by atoms with Gasteiger partial charge in [0.1, 0.15) is 5.75 Å². The van der Waals surface area contributed by atoms with Crippen LogP contribution in [-0.2, 0) is 6.42 Å². The first kappa shape index (κ1) is 13.8. The number of hydrogen-bond donors (Lipinski definition) is 1. The molecule has 5 heteroatoms. The maximum Gasteiger partial charge on any atom is 0.284 e. The van der Waals surface area contributed by atoms with E-state index >= 15 is 0 Å². The summed E-state index contributed by atoms with van der Waals surface area (Å²) in [6, 6.07) is 4.24. The van der Waals surface area contributed by atoms with Gasteiger partial charge < -0.3 is 9.15 Å². The minimum absolute atomic E-state index is 0.311. The van der Waals surface area contributed by atoms with Crippen molar-refractivity contribution in [2.75, 3.05) is 7.11 Å². The van der Waals surface area contributed by atoms with Crippen LogP contribution < -0.4 is 4.74 Å². The van der Waals surface area contributed by atoms with Gasteiger partial charge in [-0.15, -0.1) is 5.10 Å². The molecule has 19 heavy (non-hydrogen) atoms. The normalized spacial score (nSPS) is 12.4. The molecule has 102 valence electrons. The van der Waals surface area contributed by atoms with Gasteiger partial charge in [-0.2, -0.15) is 0 Å². The third kappa shape index (κ3) is 3.04. The number of aromatic nitrogens is 2. The van der Waals surface area contributed by atoms with Crippen LogP contribution >= 0.6 is 12.2 Å². The van der Waals surface area contributed by atoms with Crippen molar-refractivity contribution in [1.82, 2.24) is 10.2 Å². The molecule has 0 fully saturated rings. The Morgan fingerprint density at radius 2 is 2.11 bits per heavy atom. The number of nitrogens with one attached hydrogen (secondary N) is 1. The number of methoxy groups -OCH3 is 1. The third-order valence-electron chi connectivity index (χ3n) is 3.28. The molecule has 0 spiro atoms. The average Bonchev–Trinajstić information content (AvgIpc) is 2.77. The Bertz CT molecular complexity index is 631. The number of rotatable bonds is 4. The molecule has 1 heterocycles. The average molecular weight is 278 g/mol. The molecule has 0 aliphatic heterocycles. The fraction of sp³-hybridized carbons (Fsp3) is 0.429. The van der Waals surface area contributed by atoms with E-state index in [1.54, 1.807) is 7.11 Å². The van der Waals surface area contributed by atoms with Crippen LogP contribution in [0.1, 0.15) is 35.4 Å². The maximum atomic E-state index is 5.33. The van der Waals surface area contributed by atoms with Gasteiger partial charge in [0.2, 0.25) is 5.89 Å². The van der Waals surface area contributed by atoms with Crippen LogP contribution in [0.4, 0.5) is 0 Å². The van der Waals surface area contributed by atoms with Crippen LogP contribution in [0.3, 0.4) is 0 Å². The molecule has 0 aliphatic carbocycles. The highest BCUT2D eigenvalue weighted by atomic mass is 32.1. The fourth-order valence-electron chi connectivity index (χ4n) is 2.28. The second kappa shape index (κ2) is 5.57.